The van der Waals surface area contributed by atoms with Crippen LogP contribution in [-0.2, 0) is 14.3 Å². The number of hydrogen-bond donors (Lipinski definition) is 1. The molecule has 0 radical (unpaired) electrons. The van der Waals surface area contributed by atoms with Crippen LogP contribution in [0.15, 0.2) is 48.0 Å². The fourth-order valence-corrected chi connectivity index (χ4v) is 3.62. The summed E-state index contributed by atoms with van der Waals surface area (Å²) in [4.78, 5) is 27.1. The number of nitrogens with zero attached hydrogens (tertiary/aromatic N) is 1. The van der Waals surface area contributed by atoms with Gasteiger partial charge in [-0.1, -0.05) is 29.8 Å². The van der Waals surface area contributed by atoms with E-state index in [2.05, 4.69) is 0 Å². The van der Waals surface area contributed by atoms with Gasteiger partial charge in [0.2, 0.25) is 0 Å². The Kier molecular flexibility index (Phi) is 6.13. The molecule has 1 aliphatic rings. The van der Waals surface area contributed by atoms with Crippen molar-refractivity contribution in [2.75, 3.05) is 20.3 Å². The van der Waals surface area contributed by atoms with E-state index in [0.717, 1.165) is 11.1 Å². The number of aliphatic hydroxyl groups excluding tert-OH is 1. The molecule has 0 aromatic heterocycles. The van der Waals surface area contributed by atoms with Crippen LogP contribution in [0.2, 0.25) is 0 Å². The molecule has 1 unspecified atom stereocenters. The van der Waals surface area contributed by atoms with Crippen molar-refractivity contribution in [2.24, 2.45) is 0 Å². The summed E-state index contributed by atoms with van der Waals surface area (Å²) in [6.07, 6.45) is 0.557. The fourth-order valence-electron chi connectivity index (χ4n) is 3.62. The van der Waals surface area contributed by atoms with Crippen molar-refractivity contribution in [3.05, 3.63) is 76.1 Å². The van der Waals surface area contributed by atoms with Gasteiger partial charge in [-0.25, -0.2) is 4.39 Å². The Labute approximate surface area is 169 Å². The van der Waals surface area contributed by atoms with E-state index in [4.69, 9.17) is 4.74 Å². The maximum absolute atomic E-state index is 13.7. The first-order valence-corrected chi connectivity index (χ1v) is 9.45. The van der Waals surface area contributed by atoms with Crippen LogP contribution >= 0.6 is 0 Å². The number of amides is 1. The maximum atomic E-state index is 13.7. The molecule has 6 heteroatoms. The third kappa shape index (κ3) is 4.07. The summed E-state index contributed by atoms with van der Waals surface area (Å²) < 4.78 is 18.7. The summed E-state index contributed by atoms with van der Waals surface area (Å²) >= 11 is 0. The van der Waals surface area contributed by atoms with Crippen molar-refractivity contribution in [2.45, 2.75) is 26.3 Å². The SMILES string of the molecule is COCCCN1C(=O)C(=O)/C(=C(\O)c2ccc(F)c(C)c2)C1c1cccc(C)c1. The molecule has 1 N–H and O–H groups in total. The molecule has 2 aromatic carbocycles. The molecule has 1 fully saturated rings. The largest absolute Gasteiger partial charge is 0.507 e. The molecule has 1 atom stereocenters. The number of rotatable bonds is 6. The summed E-state index contributed by atoms with van der Waals surface area (Å²) in [6.45, 7) is 4.26. The first-order chi connectivity index (χ1) is 13.8. The van der Waals surface area contributed by atoms with Crippen molar-refractivity contribution >= 4 is 17.4 Å². The zero-order chi connectivity index (χ0) is 21.1. The molecule has 5 nitrogen and oxygen atoms in total. The number of hydrogen-bond acceptors (Lipinski definition) is 4. The highest BCUT2D eigenvalue weighted by Crippen LogP contribution is 2.39. The minimum Gasteiger partial charge on any atom is -0.507 e. The van der Waals surface area contributed by atoms with Gasteiger partial charge in [-0.05, 0) is 49.6 Å². The highest BCUT2D eigenvalue weighted by molar-refractivity contribution is 6.46. The van der Waals surface area contributed by atoms with E-state index < -0.39 is 23.5 Å². The monoisotopic (exact) mass is 397 g/mol. The Morgan fingerprint density at radius 3 is 2.59 bits per heavy atom. The van der Waals surface area contributed by atoms with Gasteiger partial charge >= 0.3 is 0 Å². The Morgan fingerprint density at radius 2 is 1.93 bits per heavy atom. The Balaban J connectivity index is 2.14. The first kappa shape index (κ1) is 20.7. The highest BCUT2D eigenvalue weighted by atomic mass is 19.1. The van der Waals surface area contributed by atoms with E-state index in [1.807, 2.05) is 31.2 Å². The van der Waals surface area contributed by atoms with E-state index >= 15 is 0 Å². The standard InChI is InChI=1S/C23H24FNO4/c1-14-6-4-7-16(12-14)20-19(21(26)17-8-9-18(24)15(2)13-17)22(27)23(28)25(20)10-5-11-29-3/h4,6-9,12-13,20,26H,5,10-11H2,1-3H3/b21-19-. The van der Waals surface area contributed by atoms with Crippen LogP contribution in [-0.4, -0.2) is 42.0 Å². The van der Waals surface area contributed by atoms with Gasteiger partial charge in [-0.15, -0.1) is 0 Å². The van der Waals surface area contributed by atoms with Crippen molar-refractivity contribution in [1.29, 1.82) is 0 Å². The van der Waals surface area contributed by atoms with Crippen molar-refractivity contribution in [1.82, 2.24) is 4.90 Å². The molecule has 2 aromatic rings. The van der Waals surface area contributed by atoms with Crippen molar-refractivity contribution in [3.63, 3.8) is 0 Å². The van der Waals surface area contributed by atoms with E-state index in [9.17, 15) is 19.1 Å². The lowest BCUT2D eigenvalue weighted by molar-refractivity contribution is -0.140. The second-order valence-electron chi connectivity index (χ2n) is 7.22. The number of halogens is 1. The van der Waals surface area contributed by atoms with Crippen molar-refractivity contribution < 1.29 is 23.8 Å². The van der Waals surface area contributed by atoms with Gasteiger partial charge in [-0.2, -0.15) is 0 Å². The first-order valence-electron chi connectivity index (χ1n) is 9.45. The summed E-state index contributed by atoms with van der Waals surface area (Å²) in [5.41, 5.74) is 2.38. The fraction of sp³-hybridized carbons (Fsp3) is 0.304. The number of aliphatic hydroxyl groups is 1. The van der Waals surface area contributed by atoms with E-state index in [1.54, 1.807) is 14.0 Å². The molecule has 1 saturated heterocycles. The van der Waals surface area contributed by atoms with Gasteiger partial charge in [0, 0.05) is 25.8 Å². The van der Waals surface area contributed by atoms with Crippen LogP contribution in [0.3, 0.4) is 0 Å². The minimum absolute atomic E-state index is 0.0176. The number of methoxy groups -OCH3 is 1. The van der Waals surface area contributed by atoms with Crippen LogP contribution in [0.1, 0.15) is 34.7 Å². The molecule has 152 valence electrons. The third-order valence-corrected chi connectivity index (χ3v) is 5.08. The zero-order valence-electron chi connectivity index (χ0n) is 16.7. The summed E-state index contributed by atoms with van der Waals surface area (Å²) in [6, 6.07) is 10.9. The van der Waals surface area contributed by atoms with Gasteiger partial charge in [-0.3, -0.25) is 9.59 Å². The molecule has 1 amide bonds. The number of carbonyl (C=O) groups excluding carboxylic acids is 2. The second kappa shape index (κ2) is 8.57. The number of ketones is 1. The van der Waals surface area contributed by atoms with Gasteiger partial charge in [0.05, 0.1) is 11.6 Å². The maximum Gasteiger partial charge on any atom is 0.295 e. The molecule has 1 heterocycles. The molecule has 0 spiro atoms. The number of benzene rings is 2. The summed E-state index contributed by atoms with van der Waals surface area (Å²) in [7, 11) is 1.57. The predicted octanol–water partition coefficient (Wildman–Crippen LogP) is 3.90. The minimum atomic E-state index is -0.742. The number of likely N-dealkylation sites (tertiary alicyclic amines) is 1. The van der Waals surface area contributed by atoms with Gasteiger partial charge < -0.3 is 14.7 Å². The lowest BCUT2D eigenvalue weighted by Gasteiger charge is -2.25. The Hall–Kier alpha value is -2.99. The van der Waals surface area contributed by atoms with Crippen LogP contribution in [0.5, 0.6) is 0 Å². The second-order valence-corrected chi connectivity index (χ2v) is 7.22. The molecule has 0 saturated carbocycles. The Bertz CT molecular complexity index is 983. The molecule has 0 aliphatic carbocycles. The summed E-state index contributed by atoms with van der Waals surface area (Å²) in [5, 5.41) is 10.9. The third-order valence-electron chi connectivity index (χ3n) is 5.08. The quantitative estimate of drug-likeness (QED) is 0.347. The lowest BCUT2D eigenvalue weighted by Crippen LogP contribution is -2.31. The smallest absolute Gasteiger partial charge is 0.295 e. The number of carbonyl (C=O) groups is 2. The normalized spacial score (nSPS) is 18.5. The molecular formula is C23H24FNO4. The van der Waals surface area contributed by atoms with Crippen molar-refractivity contribution in [3.8, 4) is 0 Å². The molecule has 0 bridgehead atoms. The molecule has 29 heavy (non-hydrogen) atoms. The van der Waals surface area contributed by atoms with Crippen LogP contribution < -0.4 is 0 Å². The van der Waals surface area contributed by atoms with Crippen LogP contribution in [0.25, 0.3) is 5.76 Å². The van der Waals surface area contributed by atoms with E-state index in [-0.39, 0.29) is 11.3 Å². The summed E-state index contributed by atoms with van der Waals surface area (Å²) in [5.74, 6) is -2.11. The molecule has 3 rings (SSSR count). The average molecular weight is 397 g/mol. The van der Waals surface area contributed by atoms with Crippen LogP contribution in [0.4, 0.5) is 4.39 Å². The zero-order valence-corrected chi connectivity index (χ0v) is 16.7. The predicted molar refractivity (Wildman–Crippen MR) is 108 cm³/mol. The van der Waals surface area contributed by atoms with Gasteiger partial charge in [0.15, 0.2) is 0 Å². The Morgan fingerprint density at radius 1 is 1.17 bits per heavy atom. The average Bonchev–Trinajstić information content (AvgIpc) is 2.94. The highest BCUT2D eigenvalue weighted by Gasteiger charge is 2.45. The van der Waals surface area contributed by atoms with E-state index in [1.165, 1.54) is 23.1 Å². The lowest BCUT2D eigenvalue weighted by atomic mass is 9.94. The number of ether oxygens (including phenoxy) is 1. The molecule has 1 aliphatic heterocycles. The molecular weight excluding hydrogens is 373 g/mol. The van der Waals surface area contributed by atoms with Crippen LogP contribution in [0, 0.1) is 19.7 Å². The van der Waals surface area contributed by atoms with Gasteiger partial charge in [0.25, 0.3) is 11.7 Å². The van der Waals surface area contributed by atoms with Gasteiger partial charge in [0.1, 0.15) is 11.6 Å². The number of aryl methyl sites for hydroxylation is 2. The topological polar surface area (TPSA) is 66.8 Å². The number of Topliss-reactive ketones (excluding diaryl/α,β-unsaturated/α-hetero) is 1. The van der Waals surface area contributed by atoms with E-state index in [0.29, 0.717) is 30.7 Å².